The number of alkyl halides is 3. The molecular weight excluding hydrogens is 365 g/mol. The van der Waals surface area contributed by atoms with Crippen LogP contribution in [0.15, 0.2) is 53.6 Å². The van der Waals surface area contributed by atoms with E-state index in [4.69, 9.17) is 4.74 Å². The number of nitrogens with zero attached hydrogens (tertiary/aromatic N) is 1. The minimum Gasteiger partial charge on any atom is -0.497 e. The van der Waals surface area contributed by atoms with E-state index < -0.39 is 11.7 Å². The van der Waals surface area contributed by atoms with E-state index in [0.717, 1.165) is 23.4 Å². The fourth-order valence-electron chi connectivity index (χ4n) is 1.99. The number of hydrazone groups is 1. The van der Waals surface area contributed by atoms with Crippen LogP contribution in [-0.4, -0.2) is 25.0 Å². The SMILES string of the molecule is COc1ccc(CSCC(=O)NN=Cc2cccc(C(F)(F)F)c2)cc1. The normalized spacial score (nSPS) is 11.5. The molecule has 8 heteroatoms. The third-order valence-electron chi connectivity index (χ3n) is 3.28. The van der Waals surface area contributed by atoms with Crippen LogP contribution in [-0.2, 0) is 16.7 Å². The molecule has 0 radical (unpaired) electrons. The number of thioether (sulfide) groups is 1. The maximum Gasteiger partial charge on any atom is 0.416 e. The molecule has 2 rings (SSSR count). The van der Waals surface area contributed by atoms with Crippen LogP contribution < -0.4 is 10.2 Å². The van der Waals surface area contributed by atoms with E-state index in [9.17, 15) is 18.0 Å². The number of benzene rings is 2. The highest BCUT2D eigenvalue weighted by Gasteiger charge is 2.30. The lowest BCUT2D eigenvalue weighted by Crippen LogP contribution is -2.19. The summed E-state index contributed by atoms with van der Waals surface area (Å²) in [4.78, 5) is 11.7. The molecule has 0 saturated heterocycles. The zero-order valence-electron chi connectivity index (χ0n) is 13.9. The van der Waals surface area contributed by atoms with Crippen molar-refractivity contribution in [2.24, 2.45) is 5.10 Å². The Hall–Kier alpha value is -2.48. The summed E-state index contributed by atoms with van der Waals surface area (Å²) in [5.41, 5.74) is 2.85. The molecule has 0 aliphatic carbocycles. The summed E-state index contributed by atoms with van der Waals surface area (Å²) in [6.45, 7) is 0. The van der Waals surface area contributed by atoms with Gasteiger partial charge in [-0.3, -0.25) is 4.79 Å². The van der Waals surface area contributed by atoms with Gasteiger partial charge in [-0.2, -0.15) is 18.3 Å². The molecule has 0 aromatic heterocycles. The van der Waals surface area contributed by atoms with Crippen LogP contribution >= 0.6 is 11.8 Å². The van der Waals surface area contributed by atoms with Gasteiger partial charge in [0.15, 0.2) is 0 Å². The van der Waals surface area contributed by atoms with Crippen molar-refractivity contribution in [1.29, 1.82) is 0 Å². The van der Waals surface area contributed by atoms with Crippen LogP contribution in [0, 0.1) is 0 Å². The van der Waals surface area contributed by atoms with Crippen molar-refractivity contribution in [3.8, 4) is 5.75 Å². The molecule has 0 saturated carbocycles. The fourth-order valence-corrected chi connectivity index (χ4v) is 2.77. The van der Waals surface area contributed by atoms with Gasteiger partial charge in [0.1, 0.15) is 5.75 Å². The zero-order chi connectivity index (χ0) is 19.0. The quantitative estimate of drug-likeness (QED) is 0.580. The third-order valence-corrected chi connectivity index (χ3v) is 4.28. The number of nitrogens with one attached hydrogen (secondary N) is 1. The highest BCUT2D eigenvalue weighted by Crippen LogP contribution is 2.29. The minimum atomic E-state index is -4.41. The van der Waals surface area contributed by atoms with Crippen LogP contribution in [0.25, 0.3) is 0 Å². The summed E-state index contributed by atoms with van der Waals surface area (Å²) >= 11 is 1.40. The van der Waals surface area contributed by atoms with Crippen molar-refractivity contribution < 1.29 is 22.7 Å². The van der Waals surface area contributed by atoms with Gasteiger partial charge >= 0.3 is 6.18 Å². The molecule has 2 aromatic rings. The van der Waals surface area contributed by atoms with E-state index in [2.05, 4.69) is 10.5 Å². The molecule has 1 amide bonds. The number of carbonyl (C=O) groups excluding carboxylic acids is 1. The summed E-state index contributed by atoms with van der Waals surface area (Å²) in [5.74, 6) is 1.27. The Morgan fingerprint density at radius 3 is 2.62 bits per heavy atom. The van der Waals surface area contributed by atoms with Crippen LogP contribution in [0.4, 0.5) is 13.2 Å². The first-order chi connectivity index (χ1) is 12.4. The molecule has 138 valence electrons. The van der Waals surface area contributed by atoms with Gasteiger partial charge in [-0.15, -0.1) is 11.8 Å². The Morgan fingerprint density at radius 2 is 1.96 bits per heavy atom. The average molecular weight is 382 g/mol. The number of carbonyl (C=O) groups is 1. The van der Waals surface area contributed by atoms with Crippen LogP contribution in [0.5, 0.6) is 5.75 Å². The Bertz CT molecular complexity index is 762. The van der Waals surface area contributed by atoms with Gasteiger partial charge in [0.2, 0.25) is 5.91 Å². The Kier molecular flexibility index (Phi) is 7.08. The molecule has 0 unspecified atom stereocenters. The highest BCUT2D eigenvalue weighted by molar-refractivity contribution is 7.99. The summed E-state index contributed by atoms with van der Waals surface area (Å²) in [6.07, 6.45) is -3.23. The Balaban J connectivity index is 1.76. The summed E-state index contributed by atoms with van der Waals surface area (Å²) in [6, 6.07) is 12.2. The van der Waals surface area contributed by atoms with Crippen LogP contribution in [0.1, 0.15) is 16.7 Å². The molecule has 4 nitrogen and oxygen atoms in total. The van der Waals surface area contributed by atoms with E-state index in [1.54, 1.807) is 7.11 Å². The van der Waals surface area contributed by atoms with Crippen molar-refractivity contribution in [3.63, 3.8) is 0 Å². The number of hydrogen-bond acceptors (Lipinski definition) is 4. The Morgan fingerprint density at radius 1 is 1.23 bits per heavy atom. The van der Waals surface area contributed by atoms with Gasteiger partial charge in [0.25, 0.3) is 0 Å². The molecule has 0 heterocycles. The first kappa shape index (κ1) is 19.8. The summed E-state index contributed by atoms with van der Waals surface area (Å²) < 4.78 is 42.9. The topological polar surface area (TPSA) is 50.7 Å². The number of methoxy groups -OCH3 is 1. The second-order valence-electron chi connectivity index (χ2n) is 5.26. The molecule has 26 heavy (non-hydrogen) atoms. The number of rotatable bonds is 7. The summed E-state index contributed by atoms with van der Waals surface area (Å²) in [5, 5.41) is 3.69. The summed E-state index contributed by atoms with van der Waals surface area (Å²) in [7, 11) is 1.59. The number of halogens is 3. The lowest BCUT2D eigenvalue weighted by Gasteiger charge is -2.06. The van der Waals surface area contributed by atoms with E-state index in [0.29, 0.717) is 5.75 Å². The second kappa shape index (κ2) is 9.28. The average Bonchev–Trinajstić information content (AvgIpc) is 2.62. The van der Waals surface area contributed by atoms with Crippen molar-refractivity contribution >= 4 is 23.9 Å². The van der Waals surface area contributed by atoms with Gasteiger partial charge in [-0.1, -0.05) is 24.3 Å². The van der Waals surface area contributed by atoms with Crippen molar-refractivity contribution in [2.45, 2.75) is 11.9 Å². The van der Waals surface area contributed by atoms with Gasteiger partial charge in [0, 0.05) is 5.75 Å². The highest BCUT2D eigenvalue weighted by atomic mass is 32.2. The Labute approximate surface area is 153 Å². The predicted molar refractivity (Wildman–Crippen MR) is 96.3 cm³/mol. The second-order valence-corrected chi connectivity index (χ2v) is 6.24. The predicted octanol–water partition coefficient (Wildman–Crippen LogP) is 4.10. The molecule has 0 atom stereocenters. The van der Waals surface area contributed by atoms with Gasteiger partial charge in [0.05, 0.1) is 24.6 Å². The van der Waals surface area contributed by atoms with Gasteiger partial charge in [-0.25, -0.2) is 5.43 Å². The van der Waals surface area contributed by atoms with Crippen molar-refractivity contribution in [2.75, 3.05) is 12.9 Å². The standard InChI is InChI=1S/C18H17F3N2O2S/c1-25-16-7-5-13(6-8-16)11-26-12-17(24)23-22-10-14-3-2-4-15(9-14)18(19,20)21/h2-10H,11-12H2,1H3,(H,23,24). The van der Waals surface area contributed by atoms with E-state index in [1.165, 1.54) is 30.1 Å². The largest absolute Gasteiger partial charge is 0.497 e. The van der Waals surface area contributed by atoms with E-state index >= 15 is 0 Å². The zero-order valence-corrected chi connectivity index (χ0v) is 14.7. The molecular formula is C18H17F3N2O2S. The lowest BCUT2D eigenvalue weighted by molar-refractivity contribution is -0.137. The fraction of sp³-hybridized carbons (Fsp3) is 0.222. The molecule has 1 N–H and O–H groups in total. The minimum absolute atomic E-state index is 0.186. The number of hydrogen-bond donors (Lipinski definition) is 1. The van der Waals surface area contributed by atoms with Crippen LogP contribution in [0.3, 0.4) is 0 Å². The monoisotopic (exact) mass is 382 g/mol. The number of amides is 1. The maximum atomic E-state index is 12.6. The smallest absolute Gasteiger partial charge is 0.416 e. The lowest BCUT2D eigenvalue weighted by atomic mass is 10.1. The third kappa shape index (κ3) is 6.44. The van der Waals surface area contributed by atoms with Crippen molar-refractivity contribution in [3.05, 3.63) is 65.2 Å². The van der Waals surface area contributed by atoms with Crippen LogP contribution in [0.2, 0.25) is 0 Å². The van der Waals surface area contributed by atoms with E-state index in [1.807, 2.05) is 24.3 Å². The first-order valence-electron chi connectivity index (χ1n) is 7.58. The molecule has 0 aliphatic heterocycles. The van der Waals surface area contributed by atoms with Gasteiger partial charge < -0.3 is 4.74 Å². The molecule has 0 aliphatic rings. The molecule has 0 spiro atoms. The first-order valence-corrected chi connectivity index (χ1v) is 8.74. The van der Waals surface area contributed by atoms with Crippen molar-refractivity contribution in [1.82, 2.24) is 5.43 Å². The van der Waals surface area contributed by atoms with E-state index in [-0.39, 0.29) is 17.2 Å². The molecule has 2 aromatic carbocycles. The van der Waals surface area contributed by atoms with Gasteiger partial charge in [-0.05, 0) is 35.4 Å². The molecule has 0 bridgehead atoms. The molecule has 0 fully saturated rings. The number of ether oxygens (including phenoxy) is 1. The maximum absolute atomic E-state index is 12.6.